The lowest BCUT2D eigenvalue weighted by molar-refractivity contribution is -0.578. The van der Waals surface area contributed by atoms with Crippen LogP contribution in [0.3, 0.4) is 0 Å². The van der Waals surface area contributed by atoms with E-state index < -0.39 is 22.4 Å². The average molecular weight is 327 g/mol. The zero-order chi connectivity index (χ0) is 15.9. The number of nitrogens with zero attached hydrogens (tertiary/aromatic N) is 1. The van der Waals surface area contributed by atoms with Gasteiger partial charge in [-0.2, -0.15) is 4.57 Å². The Morgan fingerprint density at radius 1 is 1.00 bits per heavy atom. The van der Waals surface area contributed by atoms with Crippen LogP contribution < -0.4 is 4.57 Å². The number of allylic oxidation sites excluding steroid dienone is 3. The lowest BCUT2D eigenvalue weighted by Gasteiger charge is -2.17. The Balaban J connectivity index is 2.56. The number of carbonyl (C=O) groups excluding carboxylic acids is 2. The Bertz CT molecular complexity index is 695. The van der Waals surface area contributed by atoms with Gasteiger partial charge < -0.3 is 5.11 Å². The summed E-state index contributed by atoms with van der Waals surface area (Å²) in [6.07, 6.45) is 3.20. The zero-order valence-electron chi connectivity index (χ0n) is 11.8. The molecule has 1 aliphatic carbocycles. The number of aliphatic hydroxyl groups excluding tert-OH is 1. The van der Waals surface area contributed by atoms with Crippen molar-refractivity contribution in [2.24, 2.45) is 0 Å². The van der Waals surface area contributed by atoms with Crippen molar-refractivity contribution in [3.8, 4) is 0 Å². The van der Waals surface area contributed by atoms with Crippen LogP contribution in [-0.4, -0.2) is 16.7 Å². The molecular formula is C15H14Cl2NO3+. The Morgan fingerprint density at radius 2 is 1.52 bits per heavy atom. The van der Waals surface area contributed by atoms with Gasteiger partial charge in [0.2, 0.25) is 5.76 Å². The molecule has 0 bridgehead atoms. The van der Waals surface area contributed by atoms with Crippen LogP contribution in [0.5, 0.6) is 0 Å². The lowest BCUT2D eigenvalue weighted by Crippen LogP contribution is -2.41. The molecule has 4 nitrogen and oxygen atoms in total. The van der Waals surface area contributed by atoms with E-state index in [1.807, 2.05) is 12.1 Å². The van der Waals surface area contributed by atoms with E-state index in [0.717, 1.165) is 5.56 Å². The maximum atomic E-state index is 12.0. The maximum Gasteiger partial charge on any atom is 0.306 e. The number of pyridine rings is 1. The van der Waals surface area contributed by atoms with Crippen LogP contribution in [0.4, 0.5) is 0 Å². The highest BCUT2D eigenvalue weighted by Crippen LogP contribution is 2.29. The normalized spacial score (nSPS) is 16.8. The predicted octanol–water partition coefficient (Wildman–Crippen LogP) is 2.84. The molecular weight excluding hydrogens is 313 g/mol. The van der Waals surface area contributed by atoms with E-state index >= 15 is 0 Å². The number of halogens is 2. The molecule has 6 heteroatoms. The molecule has 1 N–H and O–H groups in total. The summed E-state index contributed by atoms with van der Waals surface area (Å²) in [6.45, 7) is 6.16. The molecule has 1 aromatic rings. The number of hydrogen-bond donors (Lipinski definition) is 1. The molecule has 1 aromatic heterocycles. The first-order valence-electron chi connectivity index (χ1n) is 6.24. The zero-order valence-corrected chi connectivity index (χ0v) is 13.3. The molecule has 0 aromatic carbocycles. The van der Waals surface area contributed by atoms with Crippen molar-refractivity contribution in [2.45, 2.75) is 26.2 Å². The molecule has 0 saturated heterocycles. The molecule has 0 fully saturated rings. The summed E-state index contributed by atoms with van der Waals surface area (Å²) in [7, 11) is 0. The molecule has 1 aliphatic rings. The van der Waals surface area contributed by atoms with Crippen molar-refractivity contribution in [3.05, 3.63) is 45.9 Å². The molecule has 21 heavy (non-hydrogen) atoms. The third-order valence-electron chi connectivity index (χ3n) is 3.20. The Hall–Kier alpha value is -1.65. The second kappa shape index (κ2) is 5.28. The maximum absolute atomic E-state index is 12.0. The number of Topliss-reactive ketones (excluding diaryl/α,β-unsaturated/α-hetero) is 2. The number of aliphatic hydroxyl groups is 1. The lowest BCUT2D eigenvalue weighted by atomic mass is 9.88. The molecule has 0 saturated carbocycles. The topological polar surface area (TPSA) is 58.2 Å². The summed E-state index contributed by atoms with van der Waals surface area (Å²) in [5.41, 5.74) is 0.797. The first-order chi connectivity index (χ1) is 9.64. The second-order valence-corrected chi connectivity index (χ2v) is 6.48. The van der Waals surface area contributed by atoms with Crippen molar-refractivity contribution in [1.29, 1.82) is 0 Å². The highest BCUT2D eigenvalue weighted by Gasteiger charge is 2.40. The summed E-state index contributed by atoms with van der Waals surface area (Å²) in [5, 5.41) is 9.21. The van der Waals surface area contributed by atoms with Gasteiger partial charge in [0.1, 0.15) is 10.1 Å². The predicted molar refractivity (Wildman–Crippen MR) is 79.9 cm³/mol. The number of aromatic nitrogens is 1. The molecule has 0 amide bonds. The van der Waals surface area contributed by atoms with Gasteiger partial charge in [0.25, 0.3) is 5.78 Å². The van der Waals surface area contributed by atoms with Crippen LogP contribution in [0, 0.1) is 0 Å². The third-order valence-corrected chi connectivity index (χ3v) is 4.02. The Labute approximate surface area is 132 Å². The van der Waals surface area contributed by atoms with Gasteiger partial charge in [-0.15, -0.1) is 0 Å². The van der Waals surface area contributed by atoms with Gasteiger partial charge in [-0.3, -0.25) is 9.59 Å². The SMILES string of the molecule is CC(C)(C)c1cc[n+](C2=C(O)C(Cl)=C(Cl)C(=O)C2=O)cc1. The Morgan fingerprint density at radius 3 is 2.00 bits per heavy atom. The van der Waals surface area contributed by atoms with E-state index in [-0.39, 0.29) is 16.1 Å². The molecule has 0 aliphatic heterocycles. The van der Waals surface area contributed by atoms with E-state index in [9.17, 15) is 14.7 Å². The fourth-order valence-electron chi connectivity index (χ4n) is 1.94. The largest absolute Gasteiger partial charge is 0.501 e. The van der Waals surface area contributed by atoms with Gasteiger partial charge in [0.05, 0.1) is 0 Å². The molecule has 110 valence electrons. The van der Waals surface area contributed by atoms with Crippen molar-refractivity contribution in [1.82, 2.24) is 0 Å². The summed E-state index contributed by atoms with van der Waals surface area (Å²) in [5.74, 6) is -2.32. The van der Waals surface area contributed by atoms with Crippen molar-refractivity contribution in [2.75, 3.05) is 0 Å². The van der Waals surface area contributed by atoms with Gasteiger partial charge in [-0.1, -0.05) is 44.0 Å². The minimum atomic E-state index is -0.929. The summed E-state index contributed by atoms with van der Waals surface area (Å²) < 4.78 is 1.36. The minimum absolute atomic E-state index is 0.0528. The first-order valence-corrected chi connectivity index (χ1v) is 7.00. The Kier molecular flexibility index (Phi) is 3.95. The highest BCUT2D eigenvalue weighted by atomic mass is 35.5. The second-order valence-electron chi connectivity index (χ2n) is 5.73. The van der Waals surface area contributed by atoms with E-state index in [2.05, 4.69) is 20.8 Å². The monoisotopic (exact) mass is 326 g/mol. The number of rotatable bonds is 1. The summed E-state index contributed by atoms with van der Waals surface area (Å²) in [4.78, 5) is 23.7. The van der Waals surface area contributed by atoms with Gasteiger partial charge in [0, 0.05) is 12.1 Å². The number of ketones is 2. The molecule has 0 atom stereocenters. The molecule has 0 spiro atoms. The van der Waals surface area contributed by atoms with Crippen LogP contribution in [-0.2, 0) is 15.0 Å². The van der Waals surface area contributed by atoms with Crippen molar-refractivity contribution < 1.29 is 19.3 Å². The van der Waals surface area contributed by atoms with E-state index in [1.54, 1.807) is 12.4 Å². The van der Waals surface area contributed by atoms with E-state index in [0.29, 0.717) is 0 Å². The number of carbonyl (C=O) groups is 2. The number of hydrogen-bond acceptors (Lipinski definition) is 3. The quantitative estimate of drug-likeness (QED) is 0.490. The molecule has 1 heterocycles. The van der Waals surface area contributed by atoms with Crippen LogP contribution >= 0.6 is 23.2 Å². The van der Waals surface area contributed by atoms with Gasteiger partial charge >= 0.3 is 11.5 Å². The van der Waals surface area contributed by atoms with E-state index in [1.165, 1.54) is 4.57 Å². The molecule has 0 unspecified atom stereocenters. The van der Waals surface area contributed by atoms with Gasteiger partial charge in [-0.25, -0.2) is 0 Å². The van der Waals surface area contributed by atoms with Gasteiger partial charge in [0.15, 0.2) is 12.4 Å². The van der Waals surface area contributed by atoms with Crippen LogP contribution in [0.1, 0.15) is 26.3 Å². The summed E-state index contributed by atoms with van der Waals surface area (Å²) >= 11 is 11.4. The van der Waals surface area contributed by atoms with Gasteiger partial charge in [-0.05, 0) is 11.0 Å². The van der Waals surface area contributed by atoms with Crippen molar-refractivity contribution >= 4 is 40.5 Å². The summed E-state index contributed by atoms with van der Waals surface area (Å²) in [6, 6.07) is 3.62. The minimum Gasteiger partial charge on any atom is -0.501 e. The van der Waals surface area contributed by atoms with Crippen molar-refractivity contribution in [3.63, 3.8) is 0 Å². The standard InChI is InChI=1S/C15H13Cl2NO3/c1-15(2,3)8-4-6-18(7-5-8)11-12(19)9(16)10(17)13(20)14(11)21/h4-7H,1-3H3/p+1. The smallest absolute Gasteiger partial charge is 0.306 e. The highest BCUT2D eigenvalue weighted by molar-refractivity contribution is 6.68. The van der Waals surface area contributed by atoms with E-state index in [4.69, 9.17) is 23.2 Å². The average Bonchev–Trinajstić information content (AvgIpc) is 2.43. The molecule has 0 radical (unpaired) electrons. The van der Waals surface area contributed by atoms with Crippen LogP contribution in [0.25, 0.3) is 5.70 Å². The molecule has 2 rings (SSSR count). The fourth-order valence-corrected chi connectivity index (χ4v) is 2.29. The third kappa shape index (κ3) is 2.74. The van der Waals surface area contributed by atoms with Crippen LogP contribution in [0.2, 0.25) is 0 Å². The van der Waals surface area contributed by atoms with Crippen LogP contribution in [0.15, 0.2) is 40.4 Å². The fraction of sp³-hybridized carbons (Fsp3) is 0.267. The first kappa shape index (κ1) is 15.7.